The molecule has 2 rings (SSSR count). The minimum atomic E-state index is -1.05. The molecule has 2 aromatic rings. The highest BCUT2D eigenvalue weighted by Crippen LogP contribution is 2.19. The molecule has 0 atom stereocenters. The summed E-state index contributed by atoms with van der Waals surface area (Å²) >= 11 is 0. The normalized spacial score (nSPS) is 11.8. The summed E-state index contributed by atoms with van der Waals surface area (Å²) in [6, 6.07) is 8.96. The Morgan fingerprint density at radius 3 is 2.75 bits per heavy atom. The standard InChI is InChI=1S/C15H21N3OSi/c1-12-14-9-13(10-16)5-6-15(14)18(17-12)11-19-7-8-20(2,3)4/h5-6,9H,7-8,11H2,1-4H3. The van der Waals surface area contributed by atoms with Gasteiger partial charge in [-0.15, -0.1) is 0 Å². The number of fused-ring (bicyclic) bond motifs is 1. The summed E-state index contributed by atoms with van der Waals surface area (Å²) in [6.45, 7) is 10.2. The summed E-state index contributed by atoms with van der Waals surface area (Å²) in [6.07, 6.45) is 0. The van der Waals surface area contributed by atoms with E-state index in [0.29, 0.717) is 12.3 Å². The Labute approximate surface area is 121 Å². The fraction of sp³-hybridized carbons (Fsp3) is 0.467. The van der Waals surface area contributed by atoms with E-state index in [4.69, 9.17) is 10.00 Å². The Morgan fingerprint density at radius 1 is 1.35 bits per heavy atom. The van der Waals surface area contributed by atoms with Crippen LogP contribution in [-0.4, -0.2) is 24.5 Å². The average molecular weight is 287 g/mol. The summed E-state index contributed by atoms with van der Waals surface area (Å²) in [4.78, 5) is 0. The smallest absolute Gasteiger partial charge is 0.140 e. The minimum absolute atomic E-state index is 0.473. The Morgan fingerprint density at radius 2 is 2.10 bits per heavy atom. The molecule has 0 saturated heterocycles. The first kappa shape index (κ1) is 14.8. The van der Waals surface area contributed by atoms with Crippen LogP contribution in [0.25, 0.3) is 10.9 Å². The van der Waals surface area contributed by atoms with E-state index in [1.807, 2.05) is 29.8 Å². The van der Waals surface area contributed by atoms with Crippen molar-refractivity contribution in [2.24, 2.45) is 0 Å². The van der Waals surface area contributed by atoms with Gasteiger partial charge < -0.3 is 4.74 Å². The van der Waals surface area contributed by atoms with Crippen molar-refractivity contribution in [3.8, 4) is 6.07 Å². The highest BCUT2D eigenvalue weighted by molar-refractivity contribution is 6.76. The van der Waals surface area contributed by atoms with Gasteiger partial charge in [0.05, 0.1) is 22.8 Å². The molecule has 0 fully saturated rings. The van der Waals surface area contributed by atoms with E-state index in [2.05, 4.69) is 30.8 Å². The molecule has 0 N–H and O–H groups in total. The van der Waals surface area contributed by atoms with Crippen LogP contribution in [0.4, 0.5) is 0 Å². The number of hydrogen-bond donors (Lipinski definition) is 0. The number of rotatable bonds is 5. The van der Waals surface area contributed by atoms with Crippen molar-refractivity contribution in [3.05, 3.63) is 29.5 Å². The van der Waals surface area contributed by atoms with E-state index < -0.39 is 8.07 Å². The van der Waals surface area contributed by atoms with Crippen molar-refractivity contribution in [2.45, 2.75) is 39.3 Å². The third kappa shape index (κ3) is 3.47. The zero-order valence-corrected chi connectivity index (χ0v) is 13.6. The van der Waals surface area contributed by atoms with Crippen molar-refractivity contribution < 1.29 is 4.74 Å². The van der Waals surface area contributed by atoms with Gasteiger partial charge in [0.2, 0.25) is 0 Å². The van der Waals surface area contributed by atoms with E-state index in [1.165, 1.54) is 0 Å². The number of benzene rings is 1. The number of hydrogen-bond acceptors (Lipinski definition) is 3. The maximum atomic E-state index is 8.95. The molecular weight excluding hydrogens is 266 g/mol. The predicted molar refractivity (Wildman–Crippen MR) is 83.3 cm³/mol. The van der Waals surface area contributed by atoms with Crippen LogP contribution in [0.3, 0.4) is 0 Å². The first-order chi connectivity index (χ1) is 9.40. The van der Waals surface area contributed by atoms with Crippen LogP contribution >= 0.6 is 0 Å². The SMILES string of the molecule is Cc1nn(COCC[Si](C)(C)C)c2ccc(C#N)cc12. The molecule has 0 amide bonds. The number of aryl methyl sites for hydroxylation is 1. The van der Waals surface area contributed by atoms with Crippen LogP contribution in [0.5, 0.6) is 0 Å². The molecule has 1 aromatic heterocycles. The predicted octanol–water partition coefficient (Wildman–Crippen LogP) is 3.53. The molecule has 4 nitrogen and oxygen atoms in total. The maximum Gasteiger partial charge on any atom is 0.140 e. The molecule has 0 saturated carbocycles. The molecule has 0 bridgehead atoms. The van der Waals surface area contributed by atoms with Gasteiger partial charge in [-0.05, 0) is 31.2 Å². The zero-order valence-electron chi connectivity index (χ0n) is 12.6. The van der Waals surface area contributed by atoms with E-state index in [1.54, 1.807) is 0 Å². The second-order valence-electron chi connectivity index (χ2n) is 6.28. The van der Waals surface area contributed by atoms with Crippen molar-refractivity contribution in [3.63, 3.8) is 0 Å². The summed E-state index contributed by atoms with van der Waals surface area (Å²) in [5, 5.41) is 14.5. The van der Waals surface area contributed by atoms with Crippen LogP contribution in [-0.2, 0) is 11.5 Å². The van der Waals surface area contributed by atoms with Crippen molar-refractivity contribution in [2.75, 3.05) is 6.61 Å². The fourth-order valence-electron chi connectivity index (χ4n) is 2.04. The Hall–Kier alpha value is -1.64. The second kappa shape index (κ2) is 5.78. The molecule has 1 aromatic carbocycles. The highest BCUT2D eigenvalue weighted by atomic mass is 28.3. The van der Waals surface area contributed by atoms with Crippen LogP contribution in [0.2, 0.25) is 25.7 Å². The van der Waals surface area contributed by atoms with Gasteiger partial charge in [-0.3, -0.25) is 0 Å². The molecule has 1 heterocycles. The van der Waals surface area contributed by atoms with Gasteiger partial charge in [-0.2, -0.15) is 10.4 Å². The van der Waals surface area contributed by atoms with Gasteiger partial charge in [-0.25, -0.2) is 4.68 Å². The van der Waals surface area contributed by atoms with Crippen LogP contribution in [0, 0.1) is 18.3 Å². The molecule has 106 valence electrons. The summed E-state index contributed by atoms with van der Waals surface area (Å²) in [5.74, 6) is 0. The van der Waals surface area contributed by atoms with Crippen LogP contribution in [0.1, 0.15) is 11.3 Å². The van der Waals surface area contributed by atoms with Gasteiger partial charge >= 0.3 is 0 Å². The summed E-state index contributed by atoms with van der Waals surface area (Å²) in [5.41, 5.74) is 2.63. The van der Waals surface area contributed by atoms with Gasteiger partial charge in [0.25, 0.3) is 0 Å². The first-order valence-corrected chi connectivity index (χ1v) is 10.6. The fourth-order valence-corrected chi connectivity index (χ4v) is 2.79. The Kier molecular flexibility index (Phi) is 4.26. The monoisotopic (exact) mass is 287 g/mol. The van der Waals surface area contributed by atoms with Crippen molar-refractivity contribution >= 4 is 19.0 Å². The van der Waals surface area contributed by atoms with Gasteiger partial charge in [0.15, 0.2) is 0 Å². The quantitative estimate of drug-likeness (QED) is 0.624. The molecular formula is C15H21N3OSi. The zero-order chi connectivity index (χ0) is 14.8. The lowest BCUT2D eigenvalue weighted by Gasteiger charge is -2.15. The lowest BCUT2D eigenvalue weighted by molar-refractivity contribution is 0.0815. The van der Waals surface area contributed by atoms with Gasteiger partial charge in [-0.1, -0.05) is 19.6 Å². The van der Waals surface area contributed by atoms with E-state index >= 15 is 0 Å². The molecule has 0 aliphatic rings. The summed E-state index contributed by atoms with van der Waals surface area (Å²) < 4.78 is 7.61. The molecule has 0 spiro atoms. The van der Waals surface area contributed by atoms with Gasteiger partial charge in [0.1, 0.15) is 6.73 Å². The molecule has 0 aliphatic heterocycles. The van der Waals surface area contributed by atoms with E-state index in [0.717, 1.165) is 29.2 Å². The molecule has 0 aliphatic carbocycles. The number of nitriles is 1. The lowest BCUT2D eigenvalue weighted by Crippen LogP contribution is -2.22. The highest BCUT2D eigenvalue weighted by Gasteiger charge is 2.13. The largest absolute Gasteiger partial charge is 0.360 e. The Balaban J connectivity index is 2.10. The molecule has 5 heteroatoms. The number of ether oxygens (including phenoxy) is 1. The lowest BCUT2D eigenvalue weighted by atomic mass is 10.1. The second-order valence-corrected chi connectivity index (χ2v) is 11.9. The first-order valence-electron chi connectivity index (χ1n) is 6.86. The number of nitrogens with zero attached hydrogens (tertiary/aromatic N) is 3. The Bertz CT molecular complexity index is 649. The third-order valence-corrected chi connectivity index (χ3v) is 4.98. The van der Waals surface area contributed by atoms with Crippen molar-refractivity contribution in [1.29, 1.82) is 5.26 Å². The van der Waals surface area contributed by atoms with Gasteiger partial charge in [0, 0.05) is 20.1 Å². The molecule has 0 unspecified atom stereocenters. The van der Waals surface area contributed by atoms with Crippen molar-refractivity contribution in [1.82, 2.24) is 9.78 Å². The average Bonchev–Trinajstić information content (AvgIpc) is 2.70. The van der Waals surface area contributed by atoms with Crippen LogP contribution < -0.4 is 0 Å². The minimum Gasteiger partial charge on any atom is -0.360 e. The summed E-state index contributed by atoms with van der Waals surface area (Å²) in [7, 11) is -1.05. The molecule has 0 radical (unpaired) electrons. The number of aromatic nitrogens is 2. The topological polar surface area (TPSA) is 50.8 Å². The van der Waals surface area contributed by atoms with E-state index in [9.17, 15) is 0 Å². The molecule has 20 heavy (non-hydrogen) atoms. The van der Waals surface area contributed by atoms with E-state index in [-0.39, 0.29) is 0 Å². The van der Waals surface area contributed by atoms with Crippen LogP contribution in [0.15, 0.2) is 18.2 Å². The maximum absolute atomic E-state index is 8.95. The third-order valence-electron chi connectivity index (χ3n) is 3.27.